The van der Waals surface area contributed by atoms with Gasteiger partial charge in [0.15, 0.2) is 5.96 Å². The van der Waals surface area contributed by atoms with Crippen LogP contribution < -0.4 is 11.1 Å². The summed E-state index contributed by atoms with van der Waals surface area (Å²) in [7, 11) is 0. The van der Waals surface area contributed by atoms with Gasteiger partial charge < -0.3 is 5.73 Å². The van der Waals surface area contributed by atoms with E-state index in [0.29, 0.717) is 11.4 Å². The van der Waals surface area contributed by atoms with Crippen molar-refractivity contribution in [3.05, 3.63) is 58.4 Å². The molecule has 0 atom stereocenters. The van der Waals surface area contributed by atoms with Crippen molar-refractivity contribution in [2.75, 3.05) is 0 Å². The average Bonchev–Trinajstić information content (AvgIpc) is 2.50. The number of aryl methyl sites for hydroxylation is 3. The van der Waals surface area contributed by atoms with Crippen LogP contribution in [0.1, 0.15) is 33.1 Å². The standard InChI is InChI=1S/C16H18FN5O/c1-9-10(2)21-14(11(3)20-9)15(23)22-16(18)19-8-12-4-6-13(17)7-5-12/h4-7H,8H2,1-3H3,(H3,18,19,22,23). The molecule has 3 N–H and O–H groups in total. The minimum absolute atomic E-state index is 0.0289. The molecule has 1 aromatic carbocycles. The van der Waals surface area contributed by atoms with Gasteiger partial charge in [0.1, 0.15) is 11.5 Å². The fraction of sp³-hybridized carbons (Fsp3) is 0.250. The lowest BCUT2D eigenvalue weighted by atomic mass is 10.2. The SMILES string of the molecule is Cc1nc(C)c(C(=O)NC(N)=NCc2ccc(F)cc2)nc1C. The summed E-state index contributed by atoms with van der Waals surface area (Å²) >= 11 is 0. The number of benzene rings is 1. The van der Waals surface area contributed by atoms with E-state index in [4.69, 9.17) is 5.73 Å². The Morgan fingerprint density at radius 2 is 1.74 bits per heavy atom. The molecule has 2 aromatic rings. The van der Waals surface area contributed by atoms with Gasteiger partial charge in [0, 0.05) is 0 Å². The second-order valence-electron chi connectivity index (χ2n) is 5.11. The van der Waals surface area contributed by atoms with Gasteiger partial charge >= 0.3 is 0 Å². The van der Waals surface area contributed by atoms with Crippen molar-refractivity contribution in [1.29, 1.82) is 0 Å². The second kappa shape index (κ2) is 6.95. The first-order valence-corrected chi connectivity index (χ1v) is 7.04. The lowest BCUT2D eigenvalue weighted by molar-refractivity contribution is 0.0970. The number of carbonyl (C=O) groups is 1. The highest BCUT2D eigenvalue weighted by molar-refractivity contribution is 6.04. The van der Waals surface area contributed by atoms with E-state index in [2.05, 4.69) is 20.3 Å². The fourth-order valence-corrected chi connectivity index (χ4v) is 1.91. The molecule has 0 saturated heterocycles. The van der Waals surface area contributed by atoms with Crippen molar-refractivity contribution in [2.24, 2.45) is 10.7 Å². The number of guanidine groups is 1. The zero-order valence-electron chi connectivity index (χ0n) is 13.2. The molecule has 2 rings (SSSR count). The minimum Gasteiger partial charge on any atom is -0.370 e. The maximum atomic E-state index is 12.8. The summed E-state index contributed by atoms with van der Waals surface area (Å²) in [6.07, 6.45) is 0. The summed E-state index contributed by atoms with van der Waals surface area (Å²) in [5.74, 6) is -0.806. The maximum Gasteiger partial charge on any atom is 0.278 e. The second-order valence-corrected chi connectivity index (χ2v) is 5.11. The molecule has 0 radical (unpaired) electrons. The minimum atomic E-state index is -0.460. The van der Waals surface area contributed by atoms with Crippen LogP contribution in [0.25, 0.3) is 0 Å². The van der Waals surface area contributed by atoms with Gasteiger partial charge in [-0.15, -0.1) is 0 Å². The summed E-state index contributed by atoms with van der Waals surface area (Å²) in [5, 5.41) is 2.48. The molecule has 0 aliphatic heterocycles. The Bertz CT molecular complexity index is 756. The first-order valence-electron chi connectivity index (χ1n) is 7.04. The number of hydrogen-bond acceptors (Lipinski definition) is 4. The molecule has 0 spiro atoms. The Balaban J connectivity index is 2.06. The Hall–Kier alpha value is -2.83. The third-order valence-electron chi connectivity index (χ3n) is 3.28. The number of aromatic nitrogens is 2. The molecular formula is C16H18FN5O. The van der Waals surface area contributed by atoms with E-state index in [1.807, 2.05) is 6.92 Å². The summed E-state index contributed by atoms with van der Waals surface area (Å²) in [6, 6.07) is 5.89. The van der Waals surface area contributed by atoms with E-state index >= 15 is 0 Å². The van der Waals surface area contributed by atoms with Gasteiger partial charge in [-0.05, 0) is 38.5 Å². The zero-order chi connectivity index (χ0) is 17.0. The molecule has 0 bridgehead atoms. The molecule has 1 aromatic heterocycles. The van der Waals surface area contributed by atoms with Crippen LogP contribution in [0, 0.1) is 26.6 Å². The Morgan fingerprint density at radius 1 is 1.13 bits per heavy atom. The lowest BCUT2D eigenvalue weighted by Crippen LogP contribution is -2.37. The van der Waals surface area contributed by atoms with Gasteiger partial charge in [0.2, 0.25) is 0 Å². The Kier molecular flexibility index (Phi) is 5.00. The summed E-state index contributed by atoms with van der Waals surface area (Å²) in [6.45, 7) is 5.56. The first kappa shape index (κ1) is 16.5. The normalized spacial score (nSPS) is 11.4. The third-order valence-corrected chi connectivity index (χ3v) is 3.28. The molecule has 0 saturated carbocycles. The molecule has 1 heterocycles. The van der Waals surface area contributed by atoms with Crippen LogP contribution in [0.2, 0.25) is 0 Å². The number of rotatable bonds is 3. The van der Waals surface area contributed by atoms with Gasteiger partial charge in [-0.3, -0.25) is 15.1 Å². The first-order chi connectivity index (χ1) is 10.9. The topological polar surface area (TPSA) is 93.3 Å². The molecule has 7 heteroatoms. The number of amides is 1. The van der Waals surface area contributed by atoms with E-state index in [0.717, 1.165) is 11.3 Å². The molecule has 0 fully saturated rings. The number of halogens is 1. The molecule has 23 heavy (non-hydrogen) atoms. The molecule has 0 unspecified atom stereocenters. The maximum absolute atomic E-state index is 12.8. The third kappa shape index (κ3) is 4.32. The predicted octanol–water partition coefficient (Wildman–Crippen LogP) is 1.79. The van der Waals surface area contributed by atoms with Crippen molar-refractivity contribution < 1.29 is 9.18 Å². The Labute approximate surface area is 133 Å². The lowest BCUT2D eigenvalue weighted by Gasteiger charge is -2.08. The van der Waals surface area contributed by atoms with Crippen LogP contribution in [0.4, 0.5) is 4.39 Å². The van der Waals surface area contributed by atoms with Crippen molar-refractivity contribution in [2.45, 2.75) is 27.3 Å². The van der Waals surface area contributed by atoms with Crippen LogP contribution in [0.5, 0.6) is 0 Å². The van der Waals surface area contributed by atoms with Crippen molar-refractivity contribution in [3.63, 3.8) is 0 Å². The number of carbonyl (C=O) groups excluding carboxylic acids is 1. The van der Waals surface area contributed by atoms with Gasteiger partial charge in [-0.2, -0.15) is 0 Å². The number of aliphatic imine (C=N–C) groups is 1. The van der Waals surface area contributed by atoms with E-state index in [1.54, 1.807) is 26.0 Å². The van der Waals surface area contributed by atoms with Crippen LogP contribution >= 0.6 is 0 Å². The van der Waals surface area contributed by atoms with Crippen LogP contribution in [0.15, 0.2) is 29.3 Å². The average molecular weight is 315 g/mol. The fourth-order valence-electron chi connectivity index (χ4n) is 1.91. The molecule has 1 amide bonds. The molecule has 6 nitrogen and oxygen atoms in total. The van der Waals surface area contributed by atoms with E-state index in [-0.39, 0.29) is 24.0 Å². The number of nitrogens with zero attached hydrogens (tertiary/aromatic N) is 3. The predicted molar refractivity (Wildman–Crippen MR) is 85.4 cm³/mol. The van der Waals surface area contributed by atoms with Gasteiger partial charge in [-0.1, -0.05) is 12.1 Å². The van der Waals surface area contributed by atoms with Crippen molar-refractivity contribution in [1.82, 2.24) is 15.3 Å². The van der Waals surface area contributed by atoms with Gasteiger partial charge in [0.05, 0.1) is 23.6 Å². The van der Waals surface area contributed by atoms with Gasteiger partial charge in [-0.25, -0.2) is 14.4 Å². The van der Waals surface area contributed by atoms with Crippen molar-refractivity contribution >= 4 is 11.9 Å². The van der Waals surface area contributed by atoms with Gasteiger partial charge in [0.25, 0.3) is 5.91 Å². The summed E-state index contributed by atoms with van der Waals surface area (Å²) in [5.41, 5.74) is 8.69. The molecule has 0 aliphatic carbocycles. The van der Waals surface area contributed by atoms with Crippen LogP contribution in [0.3, 0.4) is 0 Å². The highest BCUT2D eigenvalue weighted by atomic mass is 19.1. The highest BCUT2D eigenvalue weighted by Gasteiger charge is 2.14. The number of nitrogens with one attached hydrogen (secondary N) is 1. The molecule has 0 aliphatic rings. The zero-order valence-corrected chi connectivity index (χ0v) is 13.2. The largest absolute Gasteiger partial charge is 0.370 e. The summed E-state index contributed by atoms with van der Waals surface area (Å²) < 4.78 is 12.8. The summed E-state index contributed by atoms with van der Waals surface area (Å²) in [4.78, 5) is 24.7. The monoisotopic (exact) mass is 315 g/mol. The van der Waals surface area contributed by atoms with Crippen LogP contribution in [-0.2, 0) is 6.54 Å². The smallest absolute Gasteiger partial charge is 0.278 e. The van der Waals surface area contributed by atoms with E-state index < -0.39 is 5.91 Å². The quantitative estimate of drug-likeness (QED) is 0.667. The highest BCUT2D eigenvalue weighted by Crippen LogP contribution is 2.07. The Morgan fingerprint density at radius 3 is 2.39 bits per heavy atom. The van der Waals surface area contributed by atoms with E-state index in [9.17, 15) is 9.18 Å². The van der Waals surface area contributed by atoms with E-state index in [1.165, 1.54) is 12.1 Å². The molecular weight excluding hydrogens is 297 g/mol. The number of nitrogens with two attached hydrogens (primary N) is 1. The van der Waals surface area contributed by atoms with Crippen LogP contribution in [-0.4, -0.2) is 21.8 Å². The van der Waals surface area contributed by atoms with Crippen molar-refractivity contribution in [3.8, 4) is 0 Å². The molecule has 120 valence electrons. The number of hydrogen-bond donors (Lipinski definition) is 2.